The van der Waals surface area contributed by atoms with E-state index in [1.54, 1.807) is 7.11 Å². The van der Waals surface area contributed by atoms with Gasteiger partial charge in [0.25, 0.3) is 0 Å². The van der Waals surface area contributed by atoms with Crippen LogP contribution in [-0.4, -0.2) is 52.7 Å². The molecule has 0 aliphatic carbocycles. The predicted octanol–water partition coefficient (Wildman–Crippen LogP) is 1.89. The molecule has 5 nitrogen and oxygen atoms in total. The lowest BCUT2D eigenvalue weighted by Crippen LogP contribution is -2.39. The first-order valence-corrected chi connectivity index (χ1v) is 8.80. The van der Waals surface area contributed by atoms with Gasteiger partial charge in [-0.1, -0.05) is 0 Å². The van der Waals surface area contributed by atoms with Gasteiger partial charge in [-0.15, -0.1) is 0 Å². The Morgan fingerprint density at radius 3 is 2.41 bits per heavy atom. The molecule has 1 fully saturated rings. The first kappa shape index (κ1) is 17.3. The summed E-state index contributed by atoms with van der Waals surface area (Å²) in [7, 11) is -1.90. The number of benzene rings is 1. The van der Waals surface area contributed by atoms with E-state index < -0.39 is 15.8 Å². The summed E-state index contributed by atoms with van der Waals surface area (Å²) < 4.78 is 49.7. The molecule has 1 aliphatic heterocycles. The van der Waals surface area contributed by atoms with Crippen LogP contribution in [0.2, 0.25) is 0 Å². The van der Waals surface area contributed by atoms with Crippen molar-refractivity contribution in [3.05, 3.63) is 30.1 Å². The molecular weight excluding hydrogens is 309 g/mol. The van der Waals surface area contributed by atoms with Crippen LogP contribution in [0.25, 0.3) is 0 Å². The second-order valence-electron chi connectivity index (χ2n) is 5.37. The largest absolute Gasteiger partial charge is 0.382 e. The van der Waals surface area contributed by atoms with Crippen molar-refractivity contribution in [2.45, 2.75) is 17.7 Å². The summed E-state index contributed by atoms with van der Waals surface area (Å²) in [5, 5.41) is 0. The van der Waals surface area contributed by atoms with Crippen molar-refractivity contribution in [2.24, 2.45) is 5.92 Å². The summed E-state index contributed by atoms with van der Waals surface area (Å²) in [4.78, 5) is 0.142. The molecule has 2 rings (SSSR count). The average molecular weight is 331 g/mol. The van der Waals surface area contributed by atoms with Crippen molar-refractivity contribution in [3.8, 4) is 0 Å². The normalized spacial score (nSPS) is 17.7. The molecule has 0 amide bonds. The third-order valence-corrected chi connectivity index (χ3v) is 5.72. The molecule has 0 atom stereocenters. The molecule has 1 heterocycles. The summed E-state index contributed by atoms with van der Waals surface area (Å²) in [5.41, 5.74) is 0. The topological polar surface area (TPSA) is 55.8 Å². The standard InChI is InChI=1S/C15H22FNO4S/c1-20-10-11-21-12-13-6-8-17(9-7-13)22(18,19)15-4-2-14(16)3-5-15/h2-5,13H,6-12H2,1H3. The van der Waals surface area contributed by atoms with Gasteiger partial charge in [0.2, 0.25) is 10.0 Å². The number of hydrogen-bond donors (Lipinski definition) is 0. The lowest BCUT2D eigenvalue weighted by atomic mass is 9.99. The minimum absolute atomic E-state index is 0.142. The highest BCUT2D eigenvalue weighted by atomic mass is 32.2. The van der Waals surface area contributed by atoms with Crippen molar-refractivity contribution in [1.29, 1.82) is 0 Å². The van der Waals surface area contributed by atoms with E-state index in [1.807, 2.05) is 0 Å². The fourth-order valence-corrected chi connectivity index (χ4v) is 3.93. The van der Waals surface area contributed by atoms with Gasteiger partial charge in [0, 0.05) is 26.8 Å². The smallest absolute Gasteiger partial charge is 0.243 e. The molecule has 0 spiro atoms. The molecule has 0 radical (unpaired) electrons. The van der Waals surface area contributed by atoms with Crippen molar-refractivity contribution < 1.29 is 22.3 Å². The van der Waals surface area contributed by atoms with Gasteiger partial charge in [-0.25, -0.2) is 12.8 Å². The minimum atomic E-state index is -3.53. The number of hydrogen-bond acceptors (Lipinski definition) is 4. The maximum atomic E-state index is 12.9. The van der Waals surface area contributed by atoms with E-state index in [-0.39, 0.29) is 4.90 Å². The van der Waals surface area contributed by atoms with Crippen molar-refractivity contribution in [1.82, 2.24) is 4.31 Å². The highest BCUT2D eigenvalue weighted by Crippen LogP contribution is 2.24. The monoisotopic (exact) mass is 331 g/mol. The molecule has 0 bridgehead atoms. The molecule has 0 aromatic heterocycles. The van der Waals surface area contributed by atoms with Crippen molar-refractivity contribution in [2.75, 3.05) is 40.0 Å². The third kappa shape index (κ3) is 4.49. The Bertz CT molecular complexity index is 553. The molecule has 1 aromatic rings. The van der Waals surface area contributed by atoms with Gasteiger partial charge < -0.3 is 9.47 Å². The number of sulfonamides is 1. The number of rotatable bonds is 7. The van der Waals surface area contributed by atoms with Crippen LogP contribution in [0.1, 0.15) is 12.8 Å². The van der Waals surface area contributed by atoms with Crippen LogP contribution < -0.4 is 0 Å². The number of ether oxygens (including phenoxy) is 2. The van der Waals surface area contributed by atoms with Gasteiger partial charge >= 0.3 is 0 Å². The van der Waals surface area contributed by atoms with Gasteiger partial charge in [-0.2, -0.15) is 4.31 Å². The van der Waals surface area contributed by atoms with E-state index >= 15 is 0 Å². The summed E-state index contributed by atoms with van der Waals surface area (Å²) in [6, 6.07) is 4.96. The van der Waals surface area contributed by atoms with Gasteiger partial charge in [-0.3, -0.25) is 0 Å². The molecule has 22 heavy (non-hydrogen) atoms. The Hall–Kier alpha value is -1.02. The summed E-state index contributed by atoms with van der Waals surface area (Å²) in [6.07, 6.45) is 1.54. The van der Waals surface area contributed by atoms with Crippen LogP contribution in [0, 0.1) is 11.7 Å². The van der Waals surface area contributed by atoms with Gasteiger partial charge in [-0.05, 0) is 43.0 Å². The number of methoxy groups -OCH3 is 1. The van der Waals surface area contributed by atoms with E-state index in [1.165, 1.54) is 28.6 Å². The SMILES string of the molecule is COCCOCC1CCN(S(=O)(=O)c2ccc(F)cc2)CC1. The second kappa shape index (κ2) is 8.01. The number of halogens is 1. The maximum Gasteiger partial charge on any atom is 0.243 e. The van der Waals surface area contributed by atoms with Gasteiger partial charge in [0.15, 0.2) is 0 Å². The first-order chi connectivity index (χ1) is 10.5. The summed E-state index contributed by atoms with van der Waals surface area (Å²) >= 11 is 0. The zero-order valence-electron chi connectivity index (χ0n) is 12.7. The Morgan fingerprint density at radius 2 is 1.82 bits per heavy atom. The Kier molecular flexibility index (Phi) is 6.31. The quantitative estimate of drug-likeness (QED) is 0.716. The molecule has 0 N–H and O–H groups in total. The molecule has 7 heteroatoms. The van der Waals surface area contributed by atoms with Crippen LogP contribution in [0.3, 0.4) is 0 Å². The zero-order chi connectivity index (χ0) is 16.0. The van der Waals surface area contributed by atoms with Crippen LogP contribution in [-0.2, 0) is 19.5 Å². The summed E-state index contributed by atoms with van der Waals surface area (Å²) in [5.74, 6) is -0.0672. The maximum absolute atomic E-state index is 12.9. The highest BCUT2D eigenvalue weighted by Gasteiger charge is 2.29. The minimum Gasteiger partial charge on any atom is -0.382 e. The predicted molar refractivity (Wildman–Crippen MR) is 80.6 cm³/mol. The van der Waals surface area contributed by atoms with Crippen LogP contribution in [0.4, 0.5) is 4.39 Å². The molecular formula is C15H22FNO4S. The second-order valence-corrected chi connectivity index (χ2v) is 7.31. The Morgan fingerprint density at radius 1 is 1.18 bits per heavy atom. The summed E-state index contributed by atoms with van der Waals surface area (Å²) in [6.45, 7) is 2.70. The fourth-order valence-electron chi connectivity index (χ4n) is 2.46. The van der Waals surface area contributed by atoms with E-state index in [9.17, 15) is 12.8 Å². The average Bonchev–Trinajstić information content (AvgIpc) is 2.52. The van der Waals surface area contributed by atoms with Crippen LogP contribution in [0.15, 0.2) is 29.2 Å². The number of nitrogens with zero attached hydrogens (tertiary/aromatic N) is 1. The zero-order valence-corrected chi connectivity index (χ0v) is 13.5. The van der Waals surface area contributed by atoms with E-state index in [0.717, 1.165) is 12.8 Å². The fraction of sp³-hybridized carbons (Fsp3) is 0.600. The lowest BCUT2D eigenvalue weighted by molar-refractivity contribution is 0.0410. The third-order valence-electron chi connectivity index (χ3n) is 3.81. The van der Waals surface area contributed by atoms with Crippen molar-refractivity contribution >= 4 is 10.0 Å². The van der Waals surface area contributed by atoms with Gasteiger partial charge in [0.05, 0.1) is 18.1 Å². The van der Waals surface area contributed by atoms with Gasteiger partial charge in [0.1, 0.15) is 5.82 Å². The van der Waals surface area contributed by atoms with Crippen LogP contribution >= 0.6 is 0 Å². The first-order valence-electron chi connectivity index (χ1n) is 7.36. The molecule has 0 unspecified atom stereocenters. The Balaban J connectivity index is 1.86. The molecule has 1 saturated heterocycles. The van der Waals surface area contributed by atoms with Crippen LogP contribution in [0.5, 0.6) is 0 Å². The van der Waals surface area contributed by atoms with Crippen molar-refractivity contribution in [3.63, 3.8) is 0 Å². The lowest BCUT2D eigenvalue weighted by Gasteiger charge is -2.31. The van der Waals surface area contributed by atoms with E-state index in [4.69, 9.17) is 9.47 Å². The molecule has 0 saturated carbocycles. The highest BCUT2D eigenvalue weighted by molar-refractivity contribution is 7.89. The molecule has 1 aliphatic rings. The van der Waals surface area contributed by atoms with E-state index in [0.29, 0.717) is 38.8 Å². The van der Waals surface area contributed by atoms with E-state index in [2.05, 4.69) is 0 Å². The number of piperidine rings is 1. The molecule has 1 aromatic carbocycles. The molecule has 124 valence electrons. The Labute approximate surface area is 131 Å².